The van der Waals surface area contributed by atoms with Crippen LogP contribution in [0.3, 0.4) is 0 Å². The van der Waals surface area contributed by atoms with Crippen LogP contribution in [-0.4, -0.2) is 42.7 Å². The maximum atomic E-state index is 11.8. The Balaban J connectivity index is 2.37. The summed E-state index contributed by atoms with van der Waals surface area (Å²) in [5.41, 5.74) is 8.14. The number of hydrogen-bond acceptors (Lipinski definition) is 4. The fourth-order valence-corrected chi connectivity index (χ4v) is 1.79. The molecule has 0 saturated carbocycles. The molecule has 0 aliphatic heterocycles. The zero-order chi connectivity index (χ0) is 14.3. The van der Waals surface area contributed by atoms with E-state index < -0.39 is 0 Å². The number of nitrogen functional groups attached to an aromatic ring is 1. The van der Waals surface area contributed by atoms with E-state index in [1.807, 2.05) is 37.1 Å². The van der Waals surface area contributed by atoms with Gasteiger partial charge in [-0.3, -0.25) is 4.79 Å². The van der Waals surface area contributed by atoms with E-state index >= 15 is 0 Å². The number of likely N-dealkylation sites (N-methyl/N-ethyl adjacent to an activating group) is 1. The van der Waals surface area contributed by atoms with Gasteiger partial charge in [-0.1, -0.05) is 6.07 Å². The van der Waals surface area contributed by atoms with E-state index in [-0.39, 0.29) is 12.5 Å². The van der Waals surface area contributed by atoms with E-state index in [2.05, 4.69) is 5.32 Å². The van der Waals surface area contributed by atoms with Crippen molar-refractivity contribution in [3.8, 4) is 0 Å². The van der Waals surface area contributed by atoms with Crippen LogP contribution in [0.5, 0.6) is 0 Å². The van der Waals surface area contributed by atoms with Crippen molar-refractivity contribution in [3.05, 3.63) is 23.8 Å². The molecule has 0 aromatic heterocycles. The van der Waals surface area contributed by atoms with Gasteiger partial charge >= 0.3 is 0 Å². The van der Waals surface area contributed by atoms with Crippen LogP contribution < -0.4 is 11.1 Å². The Morgan fingerprint density at radius 1 is 1.42 bits per heavy atom. The lowest BCUT2D eigenvalue weighted by molar-refractivity contribution is -0.116. The number of carbonyl (C=O) groups excluding carboxylic acids is 1. The first-order valence-electron chi connectivity index (χ1n) is 6.49. The second-order valence-corrected chi connectivity index (χ2v) is 4.70. The summed E-state index contributed by atoms with van der Waals surface area (Å²) in [6, 6.07) is 5.49. The molecule has 0 aliphatic carbocycles. The smallest absolute Gasteiger partial charge is 0.224 e. The minimum Gasteiger partial charge on any atom is -0.398 e. The molecule has 0 heterocycles. The average molecular weight is 265 g/mol. The predicted octanol–water partition coefficient (Wildman–Crippen LogP) is 1.22. The number of hydrogen-bond donors (Lipinski definition) is 3. The standard InChI is InChI=1S/C14H23N3O2/c1-11-12(15)5-3-6-13(11)16-14(19)7-4-8-17(2)9-10-18/h3,5-6,18H,4,7-10,15H2,1-2H3,(H,16,19). The highest BCUT2D eigenvalue weighted by molar-refractivity contribution is 5.92. The van der Waals surface area contributed by atoms with Crippen molar-refractivity contribution in [2.45, 2.75) is 19.8 Å². The SMILES string of the molecule is Cc1c(N)cccc1NC(=O)CCCN(C)CCO. The number of anilines is 2. The molecule has 5 heteroatoms. The lowest BCUT2D eigenvalue weighted by Gasteiger charge is -2.14. The van der Waals surface area contributed by atoms with Gasteiger partial charge in [0.05, 0.1) is 6.61 Å². The zero-order valence-electron chi connectivity index (χ0n) is 11.6. The first-order valence-corrected chi connectivity index (χ1v) is 6.49. The van der Waals surface area contributed by atoms with Crippen molar-refractivity contribution >= 4 is 17.3 Å². The van der Waals surface area contributed by atoms with Crippen molar-refractivity contribution in [1.82, 2.24) is 4.90 Å². The summed E-state index contributed by atoms with van der Waals surface area (Å²) in [5.74, 6) is -0.00824. The molecule has 0 radical (unpaired) electrons. The fourth-order valence-electron chi connectivity index (χ4n) is 1.79. The molecule has 4 N–H and O–H groups in total. The van der Waals surface area contributed by atoms with Crippen molar-refractivity contribution in [2.24, 2.45) is 0 Å². The maximum Gasteiger partial charge on any atom is 0.224 e. The van der Waals surface area contributed by atoms with Crippen LogP contribution in [-0.2, 0) is 4.79 Å². The van der Waals surface area contributed by atoms with Crippen molar-refractivity contribution < 1.29 is 9.90 Å². The first kappa shape index (κ1) is 15.5. The number of benzene rings is 1. The predicted molar refractivity (Wildman–Crippen MR) is 78.0 cm³/mol. The molecular weight excluding hydrogens is 242 g/mol. The molecule has 1 aromatic carbocycles. The van der Waals surface area contributed by atoms with E-state index in [1.54, 1.807) is 0 Å². The minimum absolute atomic E-state index is 0.00824. The topological polar surface area (TPSA) is 78.6 Å². The number of amides is 1. The third kappa shape index (κ3) is 5.28. The highest BCUT2D eigenvalue weighted by Crippen LogP contribution is 2.20. The number of carbonyl (C=O) groups is 1. The number of nitrogens with one attached hydrogen (secondary N) is 1. The molecule has 0 saturated heterocycles. The third-order valence-electron chi connectivity index (χ3n) is 3.08. The van der Waals surface area contributed by atoms with E-state index in [9.17, 15) is 4.79 Å². The van der Waals surface area contributed by atoms with Crippen LogP contribution in [0.15, 0.2) is 18.2 Å². The average Bonchev–Trinajstić information content (AvgIpc) is 2.35. The van der Waals surface area contributed by atoms with Gasteiger partial charge in [0.1, 0.15) is 0 Å². The molecule has 1 rings (SSSR count). The molecule has 0 fully saturated rings. The molecule has 5 nitrogen and oxygen atoms in total. The van der Waals surface area contributed by atoms with Crippen LogP contribution in [0.4, 0.5) is 11.4 Å². The summed E-state index contributed by atoms with van der Waals surface area (Å²) in [5, 5.41) is 11.6. The molecule has 1 aromatic rings. The van der Waals surface area contributed by atoms with Gasteiger partial charge in [-0.2, -0.15) is 0 Å². The monoisotopic (exact) mass is 265 g/mol. The summed E-state index contributed by atoms with van der Waals surface area (Å²) < 4.78 is 0. The van der Waals surface area contributed by atoms with E-state index in [0.29, 0.717) is 18.7 Å². The highest BCUT2D eigenvalue weighted by atomic mass is 16.3. The first-order chi connectivity index (χ1) is 9.04. The molecule has 0 spiro atoms. The molecule has 0 atom stereocenters. The maximum absolute atomic E-state index is 11.8. The number of nitrogens with zero attached hydrogens (tertiary/aromatic N) is 1. The van der Waals surface area contributed by atoms with Gasteiger partial charge in [0.2, 0.25) is 5.91 Å². The van der Waals surface area contributed by atoms with Crippen LogP contribution in [0, 0.1) is 6.92 Å². The van der Waals surface area contributed by atoms with E-state index in [1.165, 1.54) is 0 Å². The van der Waals surface area contributed by atoms with Crippen LogP contribution in [0.1, 0.15) is 18.4 Å². The molecule has 106 valence electrons. The van der Waals surface area contributed by atoms with Crippen molar-refractivity contribution in [1.29, 1.82) is 0 Å². The fraction of sp³-hybridized carbons (Fsp3) is 0.500. The Bertz CT molecular complexity index is 421. The largest absolute Gasteiger partial charge is 0.398 e. The van der Waals surface area contributed by atoms with Crippen LogP contribution in [0.2, 0.25) is 0 Å². The lowest BCUT2D eigenvalue weighted by Crippen LogP contribution is -2.24. The van der Waals surface area contributed by atoms with Gasteiger partial charge in [-0.15, -0.1) is 0 Å². The van der Waals surface area contributed by atoms with Crippen molar-refractivity contribution in [2.75, 3.05) is 37.8 Å². The molecule has 0 aliphatic rings. The number of aliphatic hydroxyl groups is 1. The van der Waals surface area contributed by atoms with Gasteiger partial charge in [0.15, 0.2) is 0 Å². The zero-order valence-corrected chi connectivity index (χ0v) is 11.6. The number of rotatable bonds is 7. The molecule has 1 amide bonds. The molecule has 19 heavy (non-hydrogen) atoms. The van der Waals surface area contributed by atoms with Gasteiger partial charge in [0.25, 0.3) is 0 Å². The van der Waals surface area contributed by atoms with Crippen LogP contribution >= 0.6 is 0 Å². The summed E-state index contributed by atoms with van der Waals surface area (Å²) in [6.07, 6.45) is 1.23. The molecule has 0 unspecified atom stereocenters. The summed E-state index contributed by atoms with van der Waals surface area (Å²) >= 11 is 0. The third-order valence-corrected chi connectivity index (χ3v) is 3.08. The summed E-state index contributed by atoms with van der Waals surface area (Å²) in [6.45, 7) is 3.46. The lowest BCUT2D eigenvalue weighted by atomic mass is 10.1. The van der Waals surface area contributed by atoms with E-state index in [0.717, 1.165) is 24.2 Å². The quantitative estimate of drug-likeness (QED) is 0.648. The van der Waals surface area contributed by atoms with Gasteiger partial charge < -0.3 is 21.1 Å². The second-order valence-electron chi connectivity index (χ2n) is 4.70. The van der Waals surface area contributed by atoms with Crippen LogP contribution in [0.25, 0.3) is 0 Å². The van der Waals surface area contributed by atoms with Gasteiger partial charge in [-0.05, 0) is 44.6 Å². The Morgan fingerprint density at radius 2 is 2.16 bits per heavy atom. The summed E-state index contributed by atoms with van der Waals surface area (Å²) in [4.78, 5) is 13.8. The number of aliphatic hydroxyl groups excluding tert-OH is 1. The Kier molecular flexibility index (Phi) is 6.32. The second kappa shape index (κ2) is 7.76. The van der Waals surface area contributed by atoms with Gasteiger partial charge in [-0.25, -0.2) is 0 Å². The van der Waals surface area contributed by atoms with Gasteiger partial charge in [0, 0.05) is 24.3 Å². The van der Waals surface area contributed by atoms with E-state index in [4.69, 9.17) is 10.8 Å². The Labute approximate surface area is 114 Å². The molecule has 0 bridgehead atoms. The molecular formula is C14H23N3O2. The van der Waals surface area contributed by atoms with Crippen molar-refractivity contribution in [3.63, 3.8) is 0 Å². The number of nitrogens with two attached hydrogens (primary N) is 1. The normalized spacial score (nSPS) is 10.7. The Hall–Kier alpha value is -1.59. The summed E-state index contributed by atoms with van der Waals surface area (Å²) in [7, 11) is 1.93. The Morgan fingerprint density at radius 3 is 2.84 bits per heavy atom. The minimum atomic E-state index is -0.00824. The highest BCUT2D eigenvalue weighted by Gasteiger charge is 2.06.